The fourth-order valence-electron chi connectivity index (χ4n) is 3.82. The Hall–Kier alpha value is -1.09. The zero-order valence-corrected chi connectivity index (χ0v) is 16.3. The molecule has 0 amide bonds. The van der Waals surface area contributed by atoms with Crippen molar-refractivity contribution in [2.45, 2.75) is 59.2 Å². The standard InChI is InChI=1S/C21H26BrFO/c1-21(2,3)15-5-8-17(9-6-15)24-20-11-4-14-12-16(22)7-10-18(14)19(20)13-23/h4,7,10-12,15,17H,5-6,8-9,13H2,1-3H3/t15-,17-. The third-order valence-corrected chi connectivity index (χ3v) is 5.87. The van der Waals surface area contributed by atoms with Gasteiger partial charge in [-0.3, -0.25) is 0 Å². The van der Waals surface area contributed by atoms with Crippen LogP contribution in [0, 0.1) is 11.3 Å². The van der Waals surface area contributed by atoms with E-state index in [9.17, 15) is 4.39 Å². The minimum absolute atomic E-state index is 0.210. The molecule has 1 aliphatic carbocycles. The van der Waals surface area contributed by atoms with Gasteiger partial charge in [-0.25, -0.2) is 4.39 Å². The number of rotatable bonds is 3. The monoisotopic (exact) mass is 392 g/mol. The Balaban J connectivity index is 1.77. The van der Waals surface area contributed by atoms with E-state index in [1.165, 1.54) is 12.8 Å². The Morgan fingerprint density at radius 1 is 1.08 bits per heavy atom. The second kappa shape index (κ2) is 7.03. The quantitative estimate of drug-likeness (QED) is 0.543. The molecule has 130 valence electrons. The first kappa shape index (κ1) is 17.7. The fourth-order valence-corrected chi connectivity index (χ4v) is 4.20. The topological polar surface area (TPSA) is 9.23 Å². The molecule has 1 nitrogen and oxygen atoms in total. The van der Waals surface area contributed by atoms with E-state index in [-0.39, 0.29) is 6.10 Å². The first-order chi connectivity index (χ1) is 11.4. The van der Waals surface area contributed by atoms with Crippen LogP contribution in [0.2, 0.25) is 0 Å². The van der Waals surface area contributed by atoms with Gasteiger partial charge in [0.2, 0.25) is 0 Å². The lowest BCUT2D eigenvalue weighted by Crippen LogP contribution is -2.30. The Labute approximate surface area is 152 Å². The van der Waals surface area contributed by atoms with Crippen LogP contribution in [0.1, 0.15) is 52.0 Å². The molecule has 0 radical (unpaired) electrons. The summed E-state index contributed by atoms with van der Waals surface area (Å²) in [5.74, 6) is 1.47. The van der Waals surface area contributed by atoms with Gasteiger partial charge in [0, 0.05) is 10.0 Å². The van der Waals surface area contributed by atoms with E-state index in [0.717, 1.165) is 34.0 Å². The molecule has 0 aliphatic heterocycles. The molecule has 0 N–H and O–H groups in total. The minimum atomic E-state index is -0.494. The number of fused-ring (bicyclic) bond motifs is 1. The normalized spacial score (nSPS) is 21.9. The molecule has 24 heavy (non-hydrogen) atoms. The summed E-state index contributed by atoms with van der Waals surface area (Å²) in [5, 5.41) is 1.99. The summed E-state index contributed by atoms with van der Waals surface area (Å²) in [5.41, 5.74) is 1.05. The van der Waals surface area contributed by atoms with Crippen molar-refractivity contribution in [3.8, 4) is 5.75 Å². The summed E-state index contributed by atoms with van der Waals surface area (Å²) in [4.78, 5) is 0. The van der Waals surface area contributed by atoms with E-state index in [1.807, 2.05) is 30.3 Å². The molecule has 0 unspecified atom stereocenters. The minimum Gasteiger partial charge on any atom is -0.490 e. The van der Waals surface area contributed by atoms with Crippen molar-refractivity contribution in [3.63, 3.8) is 0 Å². The molecule has 0 saturated heterocycles. The molecule has 0 aromatic heterocycles. The molecule has 2 aromatic carbocycles. The maximum atomic E-state index is 13.7. The van der Waals surface area contributed by atoms with Gasteiger partial charge in [-0.2, -0.15) is 0 Å². The predicted molar refractivity (Wildman–Crippen MR) is 102 cm³/mol. The van der Waals surface area contributed by atoms with E-state index in [0.29, 0.717) is 16.7 Å². The van der Waals surface area contributed by atoms with Gasteiger partial charge in [0.15, 0.2) is 0 Å². The number of hydrogen-bond acceptors (Lipinski definition) is 1. The first-order valence-corrected chi connectivity index (χ1v) is 9.61. The molecule has 1 fully saturated rings. The van der Waals surface area contributed by atoms with Crippen LogP contribution in [0.5, 0.6) is 5.75 Å². The zero-order chi connectivity index (χ0) is 17.3. The van der Waals surface area contributed by atoms with E-state index in [4.69, 9.17) is 4.74 Å². The second-order valence-corrected chi connectivity index (χ2v) is 8.91. The van der Waals surface area contributed by atoms with E-state index >= 15 is 0 Å². The highest BCUT2D eigenvalue weighted by Gasteiger charge is 2.30. The zero-order valence-electron chi connectivity index (χ0n) is 14.7. The SMILES string of the molecule is CC(C)(C)[C@H]1CC[C@H](Oc2ccc3cc(Br)ccc3c2CF)CC1. The average Bonchev–Trinajstić information content (AvgIpc) is 2.54. The van der Waals surface area contributed by atoms with Crippen LogP contribution in [0.15, 0.2) is 34.8 Å². The van der Waals surface area contributed by atoms with E-state index in [2.05, 4.69) is 36.7 Å². The van der Waals surface area contributed by atoms with Crippen LogP contribution in [-0.4, -0.2) is 6.10 Å². The third-order valence-electron chi connectivity index (χ3n) is 5.38. The van der Waals surface area contributed by atoms with Gasteiger partial charge in [-0.05, 0) is 66.0 Å². The van der Waals surface area contributed by atoms with Crippen LogP contribution >= 0.6 is 15.9 Å². The molecular formula is C21H26BrFO. The summed E-state index contributed by atoms with van der Waals surface area (Å²) in [7, 11) is 0. The highest BCUT2D eigenvalue weighted by atomic mass is 79.9. The van der Waals surface area contributed by atoms with Gasteiger partial charge in [0.25, 0.3) is 0 Å². The lowest BCUT2D eigenvalue weighted by Gasteiger charge is -2.37. The van der Waals surface area contributed by atoms with Crippen LogP contribution in [-0.2, 0) is 6.67 Å². The van der Waals surface area contributed by atoms with Crippen molar-refractivity contribution in [2.24, 2.45) is 11.3 Å². The molecule has 0 bridgehead atoms. The summed E-state index contributed by atoms with van der Waals surface area (Å²) >= 11 is 3.47. The Morgan fingerprint density at radius 3 is 2.42 bits per heavy atom. The van der Waals surface area contributed by atoms with Crippen molar-refractivity contribution >= 4 is 26.7 Å². The molecule has 3 rings (SSSR count). The van der Waals surface area contributed by atoms with E-state index < -0.39 is 6.67 Å². The molecule has 1 saturated carbocycles. The molecule has 0 atom stereocenters. The molecule has 0 heterocycles. The molecule has 3 heteroatoms. The largest absolute Gasteiger partial charge is 0.490 e. The van der Waals surface area contributed by atoms with Crippen LogP contribution < -0.4 is 4.74 Å². The molecule has 0 spiro atoms. The van der Waals surface area contributed by atoms with Gasteiger partial charge >= 0.3 is 0 Å². The fraction of sp³-hybridized carbons (Fsp3) is 0.524. The van der Waals surface area contributed by atoms with Gasteiger partial charge in [0.1, 0.15) is 12.4 Å². The maximum absolute atomic E-state index is 13.7. The second-order valence-electron chi connectivity index (χ2n) is 8.00. The lowest BCUT2D eigenvalue weighted by atomic mass is 9.72. The molecule has 1 aliphatic rings. The highest BCUT2D eigenvalue weighted by molar-refractivity contribution is 9.10. The number of halogens is 2. The number of alkyl halides is 1. The Bertz CT molecular complexity index is 712. The molecular weight excluding hydrogens is 367 g/mol. The average molecular weight is 393 g/mol. The van der Waals surface area contributed by atoms with Gasteiger partial charge in [0.05, 0.1) is 6.10 Å². The molecule has 2 aromatic rings. The van der Waals surface area contributed by atoms with Crippen LogP contribution in [0.25, 0.3) is 10.8 Å². The van der Waals surface area contributed by atoms with Crippen LogP contribution in [0.3, 0.4) is 0 Å². The number of hydrogen-bond donors (Lipinski definition) is 0. The summed E-state index contributed by atoms with van der Waals surface area (Å²) in [6.07, 6.45) is 4.72. The van der Waals surface area contributed by atoms with Crippen molar-refractivity contribution in [2.75, 3.05) is 0 Å². The maximum Gasteiger partial charge on any atom is 0.126 e. The van der Waals surface area contributed by atoms with E-state index in [1.54, 1.807) is 0 Å². The van der Waals surface area contributed by atoms with Crippen molar-refractivity contribution in [1.82, 2.24) is 0 Å². The smallest absolute Gasteiger partial charge is 0.126 e. The van der Waals surface area contributed by atoms with Crippen molar-refractivity contribution in [1.29, 1.82) is 0 Å². The summed E-state index contributed by atoms with van der Waals surface area (Å²) in [6, 6.07) is 9.90. The Kier molecular flexibility index (Phi) is 5.19. The summed E-state index contributed by atoms with van der Waals surface area (Å²) in [6.45, 7) is 6.47. The number of benzene rings is 2. The van der Waals surface area contributed by atoms with Crippen molar-refractivity contribution in [3.05, 3.63) is 40.4 Å². The third kappa shape index (κ3) is 3.77. The van der Waals surface area contributed by atoms with Gasteiger partial charge < -0.3 is 4.74 Å². The lowest BCUT2D eigenvalue weighted by molar-refractivity contribution is 0.0873. The van der Waals surface area contributed by atoms with Crippen molar-refractivity contribution < 1.29 is 9.13 Å². The predicted octanol–water partition coefficient (Wildman–Crippen LogP) is 7.06. The number of ether oxygens (including phenoxy) is 1. The summed E-state index contributed by atoms with van der Waals surface area (Å²) < 4.78 is 20.9. The Morgan fingerprint density at radius 2 is 1.79 bits per heavy atom. The van der Waals surface area contributed by atoms with Gasteiger partial charge in [-0.15, -0.1) is 0 Å². The van der Waals surface area contributed by atoms with Gasteiger partial charge in [-0.1, -0.05) is 48.8 Å². The van der Waals surface area contributed by atoms with Crippen LogP contribution in [0.4, 0.5) is 4.39 Å². The first-order valence-electron chi connectivity index (χ1n) is 8.82. The highest BCUT2D eigenvalue weighted by Crippen LogP contribution is 2.39.